The van der Waals surface area contributed by atoms with Crippen molar-refractivity contribution in [2.24, 2.45) is 0 Å². The molecular formula is C19H24N2O4S. The van der Waals surface area contributed by atoms with Gasteiger partial charge in [-0.15, -0.1) is 0 Å². The fourth-order valence-electron chi connectivity index (χ4n) is 2.62. The van der Waals surface area contributed by atoms with Crippen LogP contribution in [0.5, 0.6) is 5.75 Å². The Kier molecular flexibility index (Phi) is 6.63. The van der Waals surface area contributed by atoms with Crippen LogP contribution in [0.2, 0.25) is 0 Å². The van der Waals surface area contributed by atoms with Crippen LogP contribution in [-0.2, 0) is 21.2 Å². The summed E-state index contributed by atoms with van der Waals surface area (Å²) in [6.45, 7) is 2.33. The van der Waals surface area contributed by atoms with Crippen LogP contribution in [0.25, 0.3) is 0 Å². The van der Waals surface area contributed by atoms with Crippen molar-refractivity contribution in [2.75, 3.05) is 30.8 Å². The summed E-state index contributed by atoms with van der Waals surface area (Å²) in [5.41, 5.74) is 2.52. The smallest absolute Gasteiger partial charge is 0.232 e. The number of carbonyl (C=O) groups is 1. The first-order chi connectivity index (χ1) is 12.3. The Labute approximate surface area is 154 Å². The van der Waals surface area contributed by atoms with Crippen molar-refractivity contribution in [1.29, 1.82) is 0 Å². The molecule has 2 aromatic rings. The number of sulfonamides is 1. The third kappa shape index (κ3) is 5.77. The number of aryl methyl sites for hydroxylation is 1. The number of hydrogen-bond acceptors (Lipinski definition) is 4. The average Bonchev–Trinajstić information content (AvgIpc) is 2.57. The van der Waals surface area contributed by atoms with Gasteiger partial charge in [-0.3, -0.25) is 9.10 Å². The summed E-state index contributed by atoms with van der Waals surface area (Å²) in [7, 11) is -1.96. The van der Waals surface area contributed by atoms with Gasteiger partial charge in [-0.1, -0.05) is 35.9 Å². The van der Waals surface area contributed by atoms with Crippen LogP contribution < -0.4 is 14.4 Å². The molecule has 0 aromatic heterocycles. The third-order valence-corrected chi connectivity index (χ3v) is 5.02. The molecule has 0 saturated heterocycles. The number of ether oxygens (including phenoxy) is 1. The molecule has 0 aliphatic carbocycles. The topological polar surface area (TPSA) is 75.7 Å². The lowest BCUT2D eigenvalue weighted by Crippen LogP contribution is -2.38. The van der Waals surface area contributed by atoms with Crippen molar-refractivity contribution in [3.8, 4) is 5.75 Å². The van der Waals surface area contributed by atoms with Crippen LogP contribution >= 0.6 is 0 Å². The Balaban J connectivity index is 1.98. The zero-order valence-electron chi connectivity index (χ0n) is 15.2. The number of hydrogen-bond donors (Lipinski definition) is 1. The maximum atomic E-state index is 12.1. The fraction of sp³-hybridized carbons (Fsp3) is 0.316. The van der Waals surface area contributed by atoms with Gasteiger partial charge in [-0.05, 0) is 24.6 Å². The molecule has 0 aliphatic heterocycles. The highest BCUT2D eigenvalue weighted by Crippen LogP contribution is 2.22. The summed E-state index contributed by atoms with van der Waals surface area (Å²) in [6, 6.07) is 14.5. The van der Waals surface area contributed by atoms with E-state index in [1.165, 1.54) is 11.4 Å². The Hall–Kier alpha value is -2.54. The Morgan fingerprint density at radius 3 is 2.54 bits per heavy atom. The molecule has 1 N–H and O–H groups in total. The van der Waals surface area contributed by atoms with Gasteiger partial charge in [0.15, 0.2) is 0 Å². The second kappa shape index (κ2) is 8.71. The number of methoxy groups -OCH3 is 1. The predicted octanol–water partition coefficient (Wildman–Crippen LogP) is 2.13. The van der Waals surface area contributed by atoms with Crippen molar-refractivity contribution in [2.45, 2.75) is 13.3 Å². The fourth-order valence-corrected chi connectivity index (χ4v) is 3.54. The van der Waals surface area contributed by atoms with E-state index in [9.17, 15) is 13.2 Å². The van der Waals surface area contributed by atoms with Gasteiger partial charge in [0.05, 0.1) is 32.0 Å². The number of carbonyl (C=O) groups excluding carboxylic acids is 1. The van der Waals surface area contributed by atoms with E-state index in [1.54, 1.807) is 24.3 Å². The molecule has 0 spiro atoms. The number of nitrogens with zero attached hydrogens (tertiary/aromatic N) is 1. The standard InChI is InChI=1S/C19H24N2O4S/c1-15-6-4-7-16(12-15)13-19(22)20-10-11-21(26(3,23)24)17-8-5-9-18(14-17)25-2/h4-9,12,14H,10-11,13H2,1-3H3,(H,20,22). The van der Waals surface area contributed by atoms with Crippen LogP contribution in [0.3, 0.4) is 0 Å². The molecule has 140 valence electrons. The van der Waals surface area contributed by atoms with E-state index in [1.807, 2.05) is 31.2 Å². The van der Waals surface area contributed by atoms with Gasteiger partial charge in [0, 0.05) is 12.6 Å². The molecule has 0 saturated carbocycles. The van der Waals surface area contributed by atoms with E-state index in [4.69, 9.17) is 4.74 Å². The molecule has 0 heterocycles. The minimum atomic E-state index is -3.48. The van der Waals surface area contributed by atoms with Crippen molar-refractivity contribution in [3.05, 3.63) is 59.7 Å². The van der Waals surface area contributed by atoms with Crippen LogP contribution in [0.15, 0.2) is 48.5 Å². The number of anilines is 1. The summed E-state index contributed by atoms with van der Waals surface area (Å²) in [5, 5.41) is 2.78. The predicted molar refractivity (Wildman–Crippen MR) is 103 cm³/mol. The maximum absolute atomic E-state index is 12.1. The first-order valence-corrected chi connectivity index (χ1v) is 10.1. The maximum Gasteiger partial charge on any atom is 0.232 e. The van der Waals surface area contributed by atoms with Crippen LogP contribution in [0.1, 0.15) is 11.1 Å². The van der Waals surface area contributed by atoms with Gasteiger partial charge in [0.2, 0.25) is 15.9 Å². The third-order valence-electron chi connectivity index (χ3n) is 3.83. The molecule has 0 aliphatic rings. The highest BCUT2D eigenvalue weighted by atomic mass is 32.2. The first-order valence-electron chi connectivity index (χ1n) is 8.23. The average molecular weight is 376 g/mol. The molecule has 0 fully saturated rings. The second-order valence-corrected chi connectivity index (χ2v) is 7.96. The Bertz CT molecular complexity index is 865. The van der Waals surface area contributed by atoms with Crippen molar-refractivity contribution in [3.63, 3.8) is 0 Å². The molecular weight excluding hydrogens is 352 g/mol. The van der Waals surface area contributed by atoms with Crippen LogP contribution in [0, 0.1) is 6.92 Å². The highest BCUT2D eigenvalue weighted by Gasteiger charge is 2.18. The molecule has 0 radical (unpaired) electrons. The van der Waals surface area contributed by atoms with Crippen molar-refractivity contribution < 1.29 is 17.9 Å². The Morgan fingerprint density at radius 2 is 1.88 bits per heavy atom. The molecule has 26 heavy (non-hydrogen) atoms. The van der Waals surface area contributed by atoms with E-state index in [0.29, 0.717) is 11.4 Å². The van der Waals surface area contributed by atoms with Gasteiger partial charge in [-0.2, -0.15) is 0 Å². The number of nitrogens with one attached hydrogen (secondary N) is 1. The second-order valence-electron chi connectivity index (χ2n) is 6.05. The summed E-state index contributed by atoms with van der Waals surface area (Å²) in [4.78, 5) is 12.1. The van der Waals surface area contributed by atoms with Crippen molar-refractivity contribution in [1.82, 2.24) is 5.32 Å². The summed E-state index contributed by atoms with van der Waals surface area (Å²) >= 11 is 0. The number of rotatable bonds is 8. The van der Waals surface area contributed by atoms with Crippen LogP contribution in [0.4, 0.5) is 5.69 Å². The van der Waals surface area contributed by atoms with Gasteiger partial charge in [0.1, 0.15) is 5.75 Å². The molecule has 0 atom stereocenters. The van der Waals surface area contributed by atoms with Gasteiger partial charge in [0.25, 0.3) is 0 Å². The molecule has 2 rings (SSSR count). The molecule has 2 aromatic carbocycles. The zero-order valence-corrected chi connectivity index (χ0v) is 16.0. The van der Waals surface area contributed by atoms with E-state index >= 15 is 0 Å². The van der Waals surface area contributed by atoms with Crippen molar-refractivity contribution >= 4 is 21.6 Å². The Morgan fingerprint density at radius 1 is 1.15 bits per heavy atom. The van der Waals surface area contributed by atoms with E-state index < -0.39 is 10.0 Å². The number of amides is 1. The molecule has 7 heteroatoms. The molecule has 0 bridgehead atoms. The van der Waals surface area contributed by atoms with Gasteiger partial charge in [-0.25, -0.2) is 8.42 Å². The summed E-state index contributed by atoms with van der Waals surface area (Å²) < 4.78 is 30.6. The lowest BCUT2D eigenvalue weighted by Gasteiger charge is -2.23. The summed E-state index contributed by atoms with van der Waals surface area (Å²) in [6.07, 6.45) is 1.40. The quantitative estimate of drug-likeness (QED) is 0.766. The van der Waals surface area contributed by atoms with Gasteiger partial charge < -0.3 is 10.1 Å². The van der Waals surface area contributed by atoms with Gasteiger partial charge >= 0.3 is 0 Å². The molecule has 6 nitrogen and oxygen atoms in total. The van der Waals surface area contributed by atoms with Crippen LogP contribution in [-0.4, -0.2) is 40.8 Å². The normalized spacial score (nSPS) is 11.0. The summed E-state index contributed by atoms with van der Waals surface area (Å²) in [5.74, 6) is 0.425. The van der Waals surface area contributed by atoms with E-state index in [2.05, 4.69) is 5.32 Å². The highest BCUT2D eigenvalue weighted by molar-refractivity contribution is 7.92. The SMILES string of the molecule is COc1cccc(N(CCNC(=O)Cc2cccc(C)c2)S(C)(=O)=O)c1. The first kappa shape index (κ1) is 19.8. The van der Waals surface area contributed by atoms with E-state index in [-0.39, 0.29) is 25.4 Å². The minimum absolute atomic E-state index is 0.144. The molecule has 0 unspecified atom stereocenters. The largest absolute Gasteiger partial charge is 0.497 e. The monoisotopic (exact) mass is 376 g/mol. The molecule has 1 amide bonds. The lowest BCUT2D eigenvalue weighted by atomic mass is 10.1. The van der Waals surface area contributed by atoms with E-state index in [0.717, 1.165) is 17.4 Å². The minimum Gasteiger partial charge on any atom is -0.497 e. The number of benzene rings is 2. The lowest BCUT2D eigenvalue weighted by molar-refractivity contribution is -0.120. The zero-order chi connectivity index (χ0) is 19.2.